The number of thiophene rings is 6. The molecule has 6 aromatic heterocycles. The zero-order valence-corrected chi connectivity index (χ0v) is 38.3. The molecule has 15 heteroatoms. The molecule has 6 heterocycles. The highest BCUT2D eigenvalue weighted by molar-refractivity contribution is 7.30. The fraction of sp³-hybridized carbons (Fsp3) is 0.442. The van der Waals surface area contributed by atoms with Gasteiger partial charge in [-0.2, -0.15) is 0 Å². The Labute approximate surface area is 366 Å². The molecule has 6 rings (SSSR count). The van der Waals surface area contributed by atoms with Gasteiger partial charge in [0.15, 0.2) is 0 Å². The molecular weight excluding hydrogens is 851 g/mol. The second-order valence-electron chi connectivity index (χ2n) is 13.1. The Bertz CT molecular complexity index is 1910. The Morgan fingerprint density at radius 1 is 0.362 bits per heavy atom. The van der Waals surface area contributed by atoms with Crippen LogP contribution in [-0.2, 0) is 63.7 Å². The van der Waals surface area contributed by atoms with Gasteiger partial charge in [-0.05, 0) is 84.6 Å². The molecule has 0 unspecified atom stereocenters. The van der Waals surface area contributed by atoms with Gasteiger partial charge in [-0.3, -0.25) is 0 Å². The van der Waals surface area contributed by atoms with Crippen LogP contribution in [-0.4, -0.2) is 101 Å². The summed E-state index contributed by atoms with van der Waals surface area (Å²) in [7, 11) is 5.11. The van der Waals surface area contributed by atoms with Crippen LogP contribution in [0.25, 0.3) is 48.8 Å². The van der Waals surface area contributed by atoms with E-state index >= 15 is 0 Å². The molecule has 58 heavy (non-hydrogen) atoms. The fourth-order valence-electron chi connectivity index (χ4n) is 6.01. The smallest absolute Gasteiger partial charge is 0.0913 e. The molecule has 0 radical (unpaired) electrons. The van der Waals surface area contributed by atoms with Gasteiger partial charge < -0.3 is 38.0 Å². The number of hydrogen-bond donors (Lipinski definition) is 1. The van der Waals surface area contributed by atoms with Crippen LogP contribution in [0.3, 0.4) is 0 Å². The van der Waals surface area contributed by atoms with Crippen molar-refractivity contribution in [2.75, 3.05) is 101 Å². The standard InChI is InChI=1S/C43H53NO8S6/c1-45-20-23-48-16-12-30-28-40(57-42(30)38-6-4-32(53-38)14-18-50-25-22-47-3)36-10-8-34(55-36)35-9-11-37(56-35)41-29-31(13-17-49-24-21-46-2)43(58-41)39-7-5-33(54-39)15-19-51-26-27-52-44/h4-11,28-29H,12-27,44H2,1-3H3. The first-order chi connectivity index (χ1) is 28.6. The summed E-state index contributed by atoms with van der Waals surface area (Å²) in [4.78, 5) is 20.2. The predicted molar refractivity (Wildman–Crippen MR) is 245 cm³/mol. The minimum absolute atomic E-state index is 0.398. The van der Waals surface area contributed by atoms with E-state index in [1.54, 1.807) is 21.3 Å². The van der Waals surface area contributed by atoms with Gasteiger partial charge in [0, 0.05) is 92.7 Å². The molecule has 9 nitrogen and oxygen atoms in total. The topological polar surface area (TPSA) is 99.9 Å². The Balaban J connectivity index is 1.18. The third kappa shape index (κ3) is 13.4. The van der Waals surface area contributed by atoms with E-state index in [2.05, 4.69) is 65.5 Å². The maximum Gasteiger partial charge on any atom is 0.0913 e. The number of rotatable bonds is 29. The zero-order chi connectivity index (χ0) is 40.4. The molecule has 2 N–H and O–H groups in total. The summed E-state index contributed by atoms with van der Waals surface area (Å²) in [6.07, 6.45) is 3.45. The molecule has 6 aromatic rings. The molecule has 0 bridgehead atoms. The maximum atomic E-state index is 5.91. The Morgan fingerprint density at radius 3 is 1.12 bits per heavy atom. The number of ether oxygens (including phenoxy) is 7. The van der Waals surface area contributed by atoms with E-state index < -0.39 is 0 Å². The Morgan fingerprint density at radius 2 is 0.724 bits per heavy atom. The van der Waals surface area contributed by atoms with Crippen LogP contribution in [0.4, 0.5) is 0 Å². The van der Waals surface area contributed by atoms with E-state index in [1.807, 2.05) is 68.0 Å². The third-order valence-electron chi connectivity index (χ3n) is 8.99. The number of hydrogen-bond acceptors (Lipinski definition) is 15. The second kappa shape index (κ2) is 24.9. The zero-order valence-electron chi connectivity index (χ0n) is 33.4. The molecule has 0 spiro atoms. The number of nitrogens with two attached hydrogens (primary N) is 1. The highest BCUT2D eigenvalue weighted by atomic mass is 32.1. The summed E-state index contributed by atoms with van der Waals surface area (Å²) < 4.78 is 38.7. The molecule has 314 valence electrons. The van der Waals surface area contributed by atoms with Crippen molar-refractivity contribution in [2.45, 2.75) is 25.7 Å². The van der Waals surface area contributed by atoms with Crippen molar-refractivity contribution in [3.8, 4) is 48.8 Å². The fourth-order valence-corrected chi connectivity index (χ4v) is 13.0. The summed E-state index contributed by atoms with van der Waals surface area (Å²) in [5, 5.41) is 0. The van der Waals surface area contributed by atoms with E-state index in [0.717, 1.165) is 25.7 Å². The van der Waals surface area contributed by atoms with Gasteiger partial charge in [0.1, 0.15) is 0 Å². The van der Waals surface area contributed by atoms with Crippen molar-refractivity contribution in [3.63, 3.8) is 0 Å². The lowest BCUT2D eigenvalue weighted by molar-refractivity contribution is 0.0491. The lowest BCUT2D eigenvalue weighted by atomic mass is 10.1. The molecule has 0 saturated heterocycles. The molecule has 0 aliphatic rings. The highest BCUT2D eigenvalue weighted by Gasteiger charge is 2.19. The summed E-state index contributed by atoms with van der Waals surface area (Å²) in [6, 6.07) is 22.8. The van der Waals surface area contributed by atoms with Crippen LogP contribution in [0, 0.1) is 0 Å². The molecule has 0 saturated carbocycles. The minimum Gasteiger partial charge on any atom is -0.382 e. The molecule has 0 aromatic carbocycles. The minimum atomic E-state index is 0.398. The first kappa shape index (κ1) is 45.4. The van der Waals surface area contributed by atoms with Crippen molar-refractivity contribution < 1.29 is 38.0 Å². The highest BCUT2D eigenvalue weighted by Crippen LogP contribution is 2.48. The van der Waals surface area contributed by atoms with E-state index in [-0.39, 0.29) is 0 Å². The third-order valence-corrected chi connectivity index (χ3v) is 16.7. The molecule has 0 aliphatic heterocycles. The van der Waals surface area contributed by atoms with Gasteiger partial charge in [0.2, 0.25) is 0 Å². The van der Waals surface area contributed by atoms with Crippen molar-refractivity contribution in [1.82, 2.24) is 0 Å². The van der Waals surface area contributed by atoms with Crippen LogP contribution in [0.15, 0.2) is 60.7 Å². The summed E-state index contributed by atoms with van der Waals surface area (Å²) >= 11 is 11.2. The summed E-state index contributed by atoms with van der Waals surface area (Å²) in [6.45, 7) is 7.17. The van der Waals surface area contributed by atoms with Crippen molar-refractivity contribution in [1.29, 1.82) is 0 Å². The average molecular weight is 904 g/mol. The SMILES string of the molecule is COCCOCCc1ccc(-c2sc(-c3ccc(-c4ccc(-c5cc(CCOCCOC)c(-c6ccc(CCOCCON)s6)s5)s4)s3)cc2CCOCCOC)s1. The van der Waals surface area contributed by atoms with Gasteiger partial charge in [0.05, 0.1) is 79.3 Å². The Hall–Kier alpha value is -2.16. The normalized spacial score (nSPS) is 11.7. The molecule has 0 atom stereocenters. The lowest BCUT2D eigenvalue weighted by Gasteiger charge is -2.04. The van der Waals surface area contributed by atoms with Crippen LogP contribution >= 0.6 is 68.0 Å². The molecule has 0 amide bonds. The van der Waals surface area contributed by atoms with Crippen molar-refractivity contribution in [2.24, 2.45) is 5.90 Å². The monoisotopic (exact) mass is 903 g/mol. The number of methoxy groups -OCH3 is 3. The van der Waals surface area contributed by atoms with Crippen LogP contribution < -0.4 is 5.90 Å². The average Bonchev–Trinajstić information content (AvgIpc) is 4.09. The summed E-state index contributed by atoms with van der Waals surface area (Å²) in [5.74, 6) is 5.12. The van der Waals surface area contributed by atoms with Gasteiger partial charge in [-0.15, -0.1) is 68.0 Å². The largest absolute Gasteiger partial charge is 0.382 e. The van der Waals surface area contributed by atoms with E-state index in [1.165, 1.54) is 69.7 Å². The first-order valence-electron chi connectivity index (χ1n) is 19.3. The van der Waals surface area contributed by atoms with Crippen LogP contribution in [0.2, 0.25) is 0 Å². The van der Waals surface area contributed by atoms with Gasteiger partial charge in [-0.1, -0.05) is 0 Å². The lowest BCUT2D eigenvalue weighted by Crippen LogP contribution is -2.09. The van der Waals surface area contributed by atoms with E-state index in [4.69, 9.17) is 39.1 Å². The summed E-state index contributed by atoms with van der Waals surface area (Å²) in [5.41, 5.74) is 2.64. The molecule has 0 aliphatic carbocycles. The molecule has 0 fully saturated rings. The van der Waals surface area contributed by atoms with E-state index in [9.17, 15) is 0 Å². The van der Waals surface area contributed by atoms with Crippen LogP contribution in [0.1, 0.15) is 20.9 Å². The van der Waals surface area contributed by atoms with E-state index in [0.29, 0.717) is 79.3 Å². The van der Waals surface area contributed by atoms with Gasteiger partial charge >= 0.3 is 0 Å². The first-order valence-corrected chi connectivity index (χ1v) is 24.2. The second-order valence-corrected chi connectivity index (χ2v) is 19.7. The van der Waals surface area contributed by atoms with Crippen molar-refractivity contribution in [3.05, 3.63) is 81.5 Å². The predicted octanol–water partition coefficient (Wildman–Crippen LogP) is 10.5. The quantitative estimate of drug-likeness (QED) is 0.0364. The Kier molecular flexibility index (Phi) is 19.5. The maximum absolute atomic E-state index is 5.91. The van der Waals surface area contributed by atoms with Gasteiger partial charge in [0.25, 0.3) is 0 Å². The van der Waals surface area contributed by atoms with Crippen molar-refractivity contribution >= 4 is 68.0 Å². The van der Waals surface area contributed by atoms with Crippen LogP contribution in [0.5, 0.6) is 0 Å². The molecular formula is C43H53NO8S6. The van der Waals surface area contributed by atoms with Gasteiger partial charge in [-0.25, -0.2) is 5.90 Å².